The van der Waals surface area contributed by atoms with Gasteiger partial charge in [0.25, 0.3) is 0 Å². The fourth-order valence-electron chi connectivity index (χ4n) is 1.76. The van der Waals surface area contributed by atoms with E-state index >= 15 is 0 Å². The lowest BCUT2D eigenvalue weighted by Crippen LogP contribution is -2.05. The maximum atomic E-state index is 5.63. The third-order valence-corrected chi connectivity index (χ3v) is 3.29. The standard InChI is InChI=1S/C16H18INO/c1-12(2)19-16-8-6-13(7-9-16)11-18-15-5-3-4-14(17)10-15/h3-10,12,18H,11H2,1-2H3. The molecule has 2 nitrogen and oxygen atoms in total. The van der Waals surface area contributed by atoms with E-state index in [0.29, 0.717) is 0 Å². The number of hydrogen-bond acceptors (Lipinski definition) is 2. The zero-order valence-corrected chi connectivity index (χ0v) is 13.3. The lowest BCUT2D eigenvalue weighted by molar-refractivity contribution is 0.242. The number of ether oxygens (including phenoxy) is 1. The third kappa shape index (κ3) is 4.74. The summed E-state index contributed by atoms with van der Waals surface area (Å²) in [7, 11) is 0. The number of nitrogens with one attached hydrogen (secondary N) is 1. The Morgan fingerprint density at radius 2 is 1.84 bits per heavy atom. The Hall–Kier alpha value is -1.23. The van der Waals surface area contributed by atoms with Crippen LogP contribution in [0, 0.1) is 3.57 Å². The van der Waals surface area contributed by atoms with Gasteiger partial charge in [-0.2, -0.15) is 0 Å². The van der Waals surface area contributed by atoms with Gasteiger partial charge in [-0.15, -0.1) is 0 Å². The van der Waals surface area contributed by atoms with Gasteiger partial charge in [-0.3, -0.25) is 0 Å². The lowest BCUT2D eigenvalue weighted by atomic mass is 10.2. The molecule has 0 radical (unpaired) electrons. The zero-order valence-electron chi connectivity index (χ0n) is 11.2. The van der Waals surface area contributed by atoms with Crippen molar-refractivity contribution in [1.82, 2.24) is 0 Å². The average Bonchev–Trinajstić information content (AvgIpc) is 2.37. The monoisotopic (exact) mass is 367 g/mol. The molecular formula is C16H18INO. The molecular weight excluding hydrogens is 349 g/mol. The van der Waals surface area contributed by atoms with E-state index in [0.717, 1.165) is 18.0 Å². The summed E-state index contributed by atoms with van der Waals surface area (Å²) in [6.07, 6.45) is 0.218. The molecule has 0 spiro atoms. The first-order valence-corrected chi connectivity index (χ1v) is 7.46. The molecule has 0 heterocycles. The van der Waals surface area contributed by atoms with Crippen LogP contribution in [0.25, 0.3) is 0 Å². The van der Waals surface area contributed by atoms with Crippen LogP contribution in [0.3, 0.4) is 0 Å². The molecule has 0 bridgehead atoms. The highest BCUT2D eigenvalue weighted by Crippen LogP contribution is 2.16. The Labute approximate surface area is 128 Å². The molecule has 2 aromatic carbocycles. The van der Waals surface area contributed by atoms with Gasteiger partial charge in [-0.1, -0.05) is 18.2 Å². The minimum Gasteiger partial charge on any atom is -0.491 e. The molecule has 0 fully saturated rings. The molecule has 2 aromatic rings. The average molecular weight is 367 g/mol. The summed E-state index contributed by atoms with van der Waals surface area (Å²) in [5.74, 6) is 0.924. The van der Waals surface area contributed by atoms with Crippen molar-refractivity contribution in [2.24, 2.45) is 0 Å². The van der Waals surface area contributed by atoms with Crippen molar-refractivity contribution in [1.29, 1.82) is 0 Å². The normalized spacial score (nSPS) is 10.5. The highest BCUT2D eigenvalue weighted by molar-refractivity contribution is 14.1. The number of hydrogen-bond donors (Lipinski definition) is 1. The molecule has 1 N–H and O–H groups in total. The van der Waals surface area contributed by atoms with E-state index in [4.69, 9.17) is 4.74 Å². The SMILES string of the molecule is CC(C)Oc1ccc(CNc2cccc(I)c2)cc1. The van der Waals surface area contributed by atoms with Crippen LogP contribution in [0.5, 0.6) is 5.75 Å². The largest absolute Gasteiger partial charge is 0.491 e. The van der Waals surface area contributed by atoms with Crippen molar-refractivity contribution in [3.05, 3.63) is 57.7 Å². The van der Waals surface area contributed by atoms with Gasteiger partial charge in [-0.05, 0) is 72.3 Å². The van der Waals surface area contributed by atoms with Gasteiger partial charge in [0.15, 0.2) is 0 Å². The van der Waals surface area contributed by atoms with E-state index in [1.165, 1.54) is 9.13 Å². The fourth-order valence-corrected chi connectivity index (χ4v) is 2.30. The number of anilines is 1. The first kappa shape index (κ1) is 14.2. The second-order valence-electron chi connectivity index (χ2n) is 4.67. The van der Waals surface area contributed by atoms with Gasteiger partial charge in [0.05, 0.1) is 6.10 Å². The first-order valence-electron chi connectivity index (χ1n) is 6.38. The maximum absolute atomic E-state index is 5.63. The molecule has 19 heavy (non-hydrogen) atoms. The van der Waals surface area contributed by atoms with Crippen LogP contribution in [-0.2, 0) is 6.54 Å². The third-order valence-electron chi connectivity index (χ3n) is 2.62. The number of benzene rings is 2. The smallest absolute Gasteiger partial charge is 0.119 e. The molecule has 3 heteroatoms. The van der Waals surface area contributed by atoms with E-state index < -0.39 is 0 Å². The van der Waals surface area contributed by atoms with Gasteiger partial charge in [-0.25, -0.2) is 0 Å². The van der Waals surface area contributed by atoms with Crippen molar-refractivity contribution in [2.75, 3.05) is 5.32 Å². The quantitative estimate of drug-likeness (QED) is 0.775. The fraction of sp³-hybridized carbons (Fsp3) is 0.250. The lowest BCUT2D eigenvalue weighted by Gasteiger charge is -2.11. The molecule has 0 aliphatic carbocycles. The van der Waals surface area contributed by atoms with Gasteiger partial charge in [0.2, 0.25) is 0 Å². The molecule has 0 aliphatic rings. The van der Waals surface area contributed by atoms with Crippen molar-refractivity contribution >= 4 is 28.3 Å². The Kier molecular flexibility index (Phi) is 5.07. The first-order chi connectivity index (χ1) is 9.13. The van der Waals surface area contributed by atoms with Crippen LogP contribution in [0.2, 0.25) is 0 Å². The van der Waals surface area contributed by atoms with Crippen LogP contribution in [0.4, 0.5) is 5.69 Å². The molecule has 0 saturated heterocycles. The molecule has 0 aliphatic heterocycles. The minimum atomic E-state index is 0.218. The predicted octanol–water partition coefficient (Wildman–Crippen LogP) is 4.69. The molecule has 0 atom stereocenters. The van der Waals surface area contributed by atoms with E-state index in [2.05, 4.69) is 64.3 Å². The Morgan fingerprint density at radius 1 is 1.11 bits per heavy atom. The highest BCUT2D eigenvalue weighted by atomic mass is 127. The van der Waals surface area contributed by atoms with Crippen LogP contribution >= 0.6 is 22.6 Å². The van der Waals surface area contributed by atoms with Crippen molar-refractivity contribution in [3.63, 3.8) is 0 Å². The summed E-state index contributed by atoms with van der Waals surface area (Å²) in [4.78, 5) is 0. The number of halogens is 1. The van der Waals surface area contributed by atoms with Gasteiger partial charge in [0.1, 0.15) is 5.75 Å². The second kappa shape index (κ2) is 6.80. The van der Waals surface area contributed by atoms with Crippen LogP contribution < -0.4 is 10.1 Å². The van der Waals surface area contributed by atoms with Crippen molar-refractivity contribution in [2.45, 2.75) is 26.5 Å². The summed E-state index contributed by atoms with van der Waals surface area (Å²) < 4.78 is 6.87. The van der Waals surface area contributed by atoms with Gasteiger partial charge >= 0.3 is 0 Å². The predicted molar refractivity (Wildman–Crippen MR) is 88.7 cm³/mol. The summed E-state index contributed by atoms with van der Waals surface area (Å²) in [6.45, 7) is 4.89. The van der Waals surface area contributed by atoms with Crippen molar-refractivity contribution < 1.29 is 4.74 Å². The van der Waals surface area contributed by atoms with E-state index in [-0.39, 0.29) is 6.10 Å². The van der Waals surface area contributed by atoms with Crippen molar-refractivity contribution in [3.8, 4) is 5.75 Å². The Bertz CT molecular complexity index is 523. The van der Waals surface area contributed by atoms with Crippen LogP contribution in [0.1, 0.15) is 19.4 Å². The number of rotatable bonds is 5. The van der Waals surface area contributed by atoms with E-state index in [1.807, 2.05) is 26.0 Å². The van der Waals surface area contributed by atoms with Crippen LogP contribution in [0.15, 0.2) is 48.5 Å². The summed E-state index contributed by atoms with van der Waals surface area (Å²) in [5, 5.41) is 3.42. The molecule has 100 valence electrons. The zero-order chi connectivity index (χ0) is 13.7. The van der Waals surface area contributed by atoms with E-state index in [9.17, 15) is 0 Å². The molecule has 0 saturated carbocycles. The van der Waals surface area contributed by atoms with Gasteiger partial charge in [0, 0.05) is 15.8 Å². The van der Waals surface area contributed by atoms with E-state index in [1.54, 1.807) is 0 Å². The highest BCUT2D eigenvalue weighted by Gasteiger charge is 1.99. The molecule has 0 amide bonds. The maximum Gasteiger partial charge on any atom is 0.119 e. The second-order valence-corrected chi connectivity index (χ2v) is 5.92. The molecule has 2 rings (SSSR count). The topological polar surface area (TPSA) is 21.3 Å². The van der Waals surface area contributed by atoms with Gasteiger partial charge < -0.3 is 10.1 Å². The summed E-state index contributed by atoms with van der Waals surface area (Å²) in [5.41, 5.74) is 2.39. The summed E-state index contributed by atoms with van der Waals surface area (Å²) >= 11 is 2.32. The Morgan fingerprint density at radius 3 is 2.47 bits per heavy atom. The van der Waals surface area contributed by atoms with Crippen LogP contribution in [-0.4, -0.2) is 6.10 Å². The molecule has 0 unspecified atom stereocenters. The molecule has 0 aromatic heterocycles. The summed E-state index contributed by atoms with van der Waals surface area (Å²) in [6, 6.07) is 16.6. The Balaban J connectivity index is 1.93. The minimum absolute atomic E-state index is 0.218.